The molecule has 1 amide bonds. The Bertz CT molecular complexity index is 449. The van der Waals surface area contributed by atoms with Gasteiger partial charge < -0.3 is 15.4 Å². The first-order valence-corrected chi connectivity index (χ1v) is 6.70. The maximum absolute atomic E-state index is 11.4. The first kappa shape index (κ1) is 16.0. The van der Waals surface area contributed by atoms with E-state index in [1.165, 1.54) is 5.56 Å². The number of nitriles is 1. The van der Waals surface area contributed by atoms with E-state index < -0.39 is 0 Å². The Kier molecular flexibility index (Phi) is 7.15. The lowest BCUT2D eigenvalue weighted by Crippen LogP contribution is -2.29. The van der Waals surface area contributed by atoms with Crippen molar-refractivity contribution < 1.29 is 9.53 Å². The van der Waals surface area contributed by atoms with Crippen molar-refractivity contribution in [2.75, 3.05) is 13.2 Å². The zero-order valence-electron chi connectivity index (χ0n) is 12.0. The molecule has 0 fully saturated rings. The van der Waals surface area contributed by atoms with Crippen LogP contribution in [0.25, 0.3) is 0 Å². The molecule has 0 aromatic heterocycles. The van der Waals surface area contributed by atoms with Crippen LogP contribution < -0.4 is 15.4 Å². The lowest BCUT2D eigenvalue weighted by molar-refractivity contribution is -0.123. The van der Waals surface area contributed by atoms with E-state index in [2.05, 4.69) is 24.5 Å². The number of amides is 1. The van der Waals surface area contributed by atoms with Gasteiger partial charge in [0.25, 0.3) is 5.91 Å². The van der Waals surface area contributed by atoms with E-state index in [1.807, 2.05) is 30.3 Å². The van der Waals surface area contributed by atoms with Crippen LogP contribution in [-0.2, 0) is 11.3 Å². The molecule has 5 nitrogen and oxygen atoms in total. The van der Waals surface area contributed by atoms with Gasteiger partial charge in [0.15, 0.2) is 6.61 Å². The SMILES string of the molecule is CC(C)NCc1ccc(OCC(=O)NCCC#N)cc1. The summed E-state index contributed by atoms with van der Waals surface area (Å²) < 4.78 is 5.36. The van der Waals surface area contributed by atoms with E-state index in [1.54, 1.807) is 0 Å². The van der Waals surface area contributed by atoms with Gasteiger partial charge >= 0.3 is 0 Å². The van der Waals surface area contributed by atoms with Crippen molar-refractivity contribution in [1.82, 2.24) is 10.6 Å². The summed E-state index contributed by atoms with van der Waals surface area (Å²) in [5, 5.41) is 14.3. The number of rotatable bonds is 8. The standard InChI is InChI=1S/C15H21N3O2/c1-12(2)18-10-13-4-6-14(7-5-13)20-11-15(19)17-9-3-8-16/h4-7,12,18H,3,9-11H2,1-2H3,(H,17,19). The molecule has 5 heteroatoms. The Morgan fingerprint density at radius 1 is 1.35 bits per heavy atom. The lowest BCUT2D eigenvalue weighted by atomic mass is 10.2. The summed E-state index contributed by atoms with van der Waals surface area (Å²) in [6.07, 6.45) is 0.309. The molecule has 1 rings (SSSR count). The van der Waals surface area contributed by atoms with Crippen LogP contribution in [0.1, 0.15) is 25.8 Å². The highest BCUT2D eigenvalue weighted by atomic mass is 16.5. The van der Waals surface area contributed by atoms with E-state index in [9.17, 15) is 4.79 Å². The molecule has 0 saturated heterocycles. The number of hydrogen-bond donors (Lipinski definition) is 2. The molecule has 0 aliphatic heterocycles. The van der Waals surface area contributed by atoms with Crippen molar-refractivity contribution >= 4 is 5.91 Å². The van der Waals surface area contributed by atoms with Gasteiger partial charge in [-0.15, -0.1) is 0 Å². The summed E-state index contributed by atoms with van der Waals surface area (Å²) >= 11 is 0. The normalized spacial score (nSPS) is 10.1. The van der Waals surface area contributed by atoms with Crippen LogP contribution in [0.4, 0.5) is 0 Å². The van der Waals surface area contributed by atoms with Crippen LogP contribution in [0.15, 0.2) is 24.3 Å². The molecule has 2 N–H and O–H groups in total. The van der Waals surface area contributed by atoms with Crippen molar-refractivity contribution in [3.8, 4) is 11.8 Å². The minimum absolute atomic E-state index is 0.0327. The summed E-state index contributed by atoms with van der Waals surface area (Å²) in [5.74, 6) is 0.444. The molecule has 0 aliphatic carbocycles. The fourth-order valence-corrected chi connectivity index (χ4v) is 1.48. The minimum atomic E-state index is -0.217. The summed E-state index contributed by atoms with van der Waals surface area (Å²) in [5.41, 5.74) is 1.17. The smallest absolute Gasteiger partial charge is 0.257 e. The molecule has 0 saturated carbocycles. The van der Waals surface area contributed by atoms with E-state index in [0.29, 0.717) is 24.8 Å². The second-order valence-corrected chi connectivity index (χ2v) is 4.73. The number of carbonyl (C=O) groups excluding carboxylic acids is 1. The third-order valence-corrected chi connectivity index (χ3v) is 2.57. The first-order valence-electron chi connectivity index (χ1n) is 6.70. The second-order valence-electron chi connectivity index (χ2n) is 4.73. The van der Waals surface area contributed by atoms with Crippen molar-refractivity contribution in [3.63, 3.8) is 0 Å². The fraction of sp³-hybridized carbons (Fsp3) is 0.467. The summed E-state index contributed by atoms with van der Waals surface area (Å²) in [6, 6.07) is 10.0. The van der Waals surface area contributed by atoms with Crippen LogP contribution >= 0.6 is 0 Å². The Morgan fingerprint density at radius 3 is 2.65 bits per heavy atom. The predicted octanol–water partition coefficient (Wildman–Crippen LogP) is 1.59. The van der Waals surface area contributed by atoms with Gasteiger partial charge in [-0.2, -0.15) is 5.26 Å². The van der Waals surface area contributed by atoms with E-state index in [-0.39, 0.29) is 12.5 Å². The Labute approximate surface area is 119 Å². The highest BCUT2D eigenvalue weighted by Crippen LogP contribution is 2.12. The number of carbonyl (C=O) groups is 1. The van der Waals surface area contributed by atoms with Crippen LogP contribution in [0.2, 0.25) is 0 Å². The Morgan fingerprint density at radius 2 is 2.05 bits per heavy atom. The molecular formula is C15H21N3O2. The zero-order chi connectivity index (χ0) is 14.8. The maximum Gasteiger partial charge on any atom is 0.257 e. The Hall–Kier alpha value is -2.06. The van der Waals surface area contributed by atoms with Gasteiger partial charge in [0, 0.05) is 19.1 Å². The van der Waals surface area contributed by atoms with Gasteiger partial charge in [-0.3, -0.25) is 4.79 Å². The molecule has 0 unspecified atom stereocenters. The molecule has 0 aliphatic rings. The molecule has 20 heavy (non-hydrogen) atoms. The highest BCUT2D eigenvalue weighted by molar-refractivity contribution is 5.77. The minimum Gasteiger partial charge on any atom is -0.484 e. The molecule has 1 aromatic carbocycles. The van der Waals surface area contributed by atoms with Gasteiger partial charge in [-0.1, -0.05) is 26.0 Å². The molecule has 108 valence electrons. The molecule has 0 atom stereocenters. The van der Waals surface area contributed by atoms with Gasteiger partial charge in [0.05, 0.1) is 12.5 Å². The number of hydrogen-bond acceptors (Lipinski definition) is 4. The van der Waals surface area contributed by atoms with E-state index in [4.69, 9.17) is 10.00 Å². The van der Waals surface area contributed by atoms with Gasteiger partial charge in [-0.05, 0) is 17.7 Å². The topological polar surface area (TPSA) is 74.2 Å². The summed E-state index contributed by atoms with van der Waals surface area (Å²) in [7, 11) is 0. The fourth-order valence-electron chi connectivity index (χ4n) is 1.48. The molecule has 0 spiro atoms. The first-order chi connectivity index (χ1) is 9.61. The lowest BCUT2D eigenvalue weighted by Gasteiger charge is -2.09. The summed E-state index contributed by atoms with van der Waals surface area (Å²) in [4.78, 5) is 11.4. The molecule has 0 radical (unpaired) electrons. The predicted molar refractivity (Wildman–Crippen MR) is 77.2 cm³/mol. The van der Waals surface area contributed by atoms with Crippen LogP contribution in [0, 0.1) is 11.3 Å². The molecule has 0 bridgehead atoms. The number of benzene rings is 1. The third kappa shape index (κ3) is 6.76. The van der Waals surface area contributed by atoms with E-state index >= 15 is 0 Å². The van der Waals surface area contributed by atoms with Gasteiger partial charge in [0.2, 0.25) is 0 Å². The van der Waals surface area contributed by atoms with Crippen LogP contribution in [-0.4, -0.2) is 25.1 Å². The molecule has 0 heterocycles. The summed E-state index contributed by atoms with van der Waals surface area (Å²) in [6.45, 7) is 5.34. The average molecular weight is 275 g/mol. The largest absolute Gasteiger partial charge is 0.484 e. The molecule has 1 aromatic rings. The van der Waals surface area contributed by atoms with Crippen molar-refractivity contribution in [1.29, 1.82) is 5.26 Å². The number of nitrogens with one attached hydrogen (secondary N) is 2. The van der Waals surface area contributed by atoms with Crippen molar-refractivity contribution in [2.24, 2.45) is 0 Å². The van der Waals surface area contributed by atoms with Crippen molar-refractivity contribution in [2.45, 2.75) is 32.9 Å². The number of nitrogens with zero attached hydrogens (tertiary/aromatic N) is 1. The van der Waals surface area contributed by atoms with Crippen LogP contribution in [0.5, 0.6) is 5.75 Å². The quantitative estimate of drug-likeness (QED) is 0.707. The zero-order valence-corrected chi connectivity index (χ0v) is 12.0. The molecular weight excluding hydrogens is 254 g/mol. The second kappa shape index (κ2) is 8.94. The van der Waals surface area contributed by atoms with Gasteiger partial charge in [-0.25, -0.2) is 0 Å². The monoisotopic (exact) mass is 275 g/mol. The highest BCUT2D eigenvalue weighted by Gasteiger charge is 2.02. The Balaban J connectivity index is 2.31. The van der Waals surface area contributed by atoms with Gasteiger partial charge in [0.1, 0.15) is 5.75 Å². The third-order valence-electron chi connectivity index (χ3n) is 2.57. The van der Waals surface area contributed by atoms with Crippen LogP contribution in [0.3, 0.4) is 0 Å². The van der Waals surface area contributed by atoms with Crippen molar-refractivity contribution in [3.05, 3.63) is 29.8 Å². The number of ether oxygens (including phenoxy) is 1. The maximum atomic E-state index is 11.4. The van der Waals surface area contributed by atoms with E-state index in [0.717, 1.165) is 6.54 Å². The average Bonchev–Trinajstić information content (AvgIpc) is 2.44.